The lowest BCUT2D eigenvalue weighted by atomic mass is 9.80. The summed E-state index contributed by atoms with van der Waals surface area (Å²) in [6.07, 6.45) is 0. The van der Waals surface area contributed by atoms with Crippen LogP contribution in [0.1, 0.15) is 24.1 Å². The Labute approximate surface area is 136 Å². The first-order valence-corrected chi connectivity index (χ1v) is 7.71. The Morgan fingerprint density at radius 3 is 2.90 bits per heavy atom. The Bertz CT molecular complexity index is 651. The van der Waals surface area contributed by atoms with Crippen molar-refractivity contribution in [1.82, 2.24) is 10.6 Å². The number of halogens is 1. The van der Waals surface area contributed by atoms with Crippen molar-refractivity contribution in [3.63, 3.8) is 0 Å². The number of carbonyl (C=O) groups is 1. The summed E-state index contributed by atoms with van der Waals surface area (Å²) >= 11 is 8.72. The predicted molar refractivity (Wildman–Crippen MR) is 85.0 cm³/mol. The molecule has 21 heavy (non-hydrogen) atoms. The van der Waals surface area contributed by atoms with Gasteiger partial charge in [-0.15, -0.1) is 0 Å². The van der Waals surface area contributed by atoms with Crippen molar-refractivity contribution >= 4 is 39.2 Å². The highest BCUT2D eigenvalue weighted by molar-refractivity contribution is 9.10. The van der Waals surface area contributed by atoms with E-state index < -0.39 is 11.6 Å². The van der Waals surface area contributed by atoms with Crippen LogP contribution in [0, 0.1) is 12.8 Å². The second-order valence-electron chi connectivity index (χ2n) is 5.43. The number of rotatable bonds is 1. The third kappa shape index (κ3) is 2.19. The minimum Gasteiger partial charge on any atom is -0.469 e. The largest absolute Gasteiger partial charge is 0.469 e. The molecule has 1 saturated heterocycles. The number of carbonyl (C=O) groups excluding carboxylic acids is 1. The SMILES string of the molecule is COC(=O)C1C2NC(=S)NC1(C)Oc1c(C)cc(Br)cc12. The summed E-state index contributed by atoms with van der Waals surface area (Å²) in [7, 11) is 1.38. The normalized spacial score (nSPS) is 29.6. The van der Waals surface area contributed by atoms with Gasteiger partial charge in [0.1, 0.15) is 11.7 Å². The Hall–Kier alpha value is -1.34. The number of ether oxygens (including phenoxy) is 2. The number of benzene rings is 1. The van der Waals surface area contributed by atoms with Crippen molar-refractivity contribution in [1.29, 1.82) is 0 Å². The molecule has 3 unspecified atom stereocenters. The van der Waals surface area contributed by atoms with E-state index in [0.717, 1.165) is 21.3 Å². The number of hydrogen-bond donors (Lipinski definition) is 2. The summed E-state index contributed by atoms with van der Waals surface area (Å²) in [4.78, 5) is 12.2. The summed E-state index contributed by atoms with van der Waals surface area (Å²) in [5, 5.41) is 6.69. The highest BCUT2D eigenvalue weighted by Gasteiger charge is 2.55. The van der Waals surface area contributed by atoms with Crippen LogP contribution in [0.25, 0.3) is 0 Å². The summed E-state index contributed by atoms with van der Waals surface area (Å²) in [6, 6.07) is 3.65. The van der Waals surface area contributed by atoms with Gasteiger partial charge in [-0.25, -0.2) is 0 Å². The molecule has 3 atom stereocenters. The van der Waals surface area contributed by atoms with Crippen molar-refractivity contribution in [2.75, 3.05) is 7.11 Å². The number of methoxy groups -OCH3 is 1. The first-order valence-electron chi connectivity index (χ1n) is 6.51. The van der Waals surface area contributed by atoms with Crippen LogP contribution in [0.4, 0.5) is 0 Å². The first kappa shape index (κ1) is 14.6. The number of fused-ring (bicyclic) bond motifs is 4. The molecular weight excluding hydrogens is 356 g/mol. The number of aryl methyl sites for hydroxylation is 1. The molecule has 112 valence electrons. The predicted octanol–water partition coefficient (Wildman–Crippen LogP) is 2.17. The van der Waals surface area contributed by atoms with Gasteiger partial charge < -0.3 is 20.1 Å². The van der Waals surface area contributed by atoms with E-state index in [1.807, 2.05) is 26.0 Å². The molecule has 1 aromatic carbocycles. The van der Waals surface area contributed by atoms with Crippen LogP contribution in [-0.2, 0) is 9.53 Å². The fraction of sp³-hybridized carbons (Fsp3) is 0.429. The topological polar surface area (TPSA) is 59.6 Å². The van der Waals surface area contributed by atoms with E-state index in [0.29, 0.717) is 5.11 Å². The first-order chi connectivity index (χ1) is 9.85. The minimum atomic E-state index is -0.925. The van der Waals surface area contributed by atoms with Gasteiger partial charge in [-0.3, -0.25) is 4.79 Å². The lowest BCUT2D eigenvalue weighted by molar-refractivity contribution is -0.159. The number of esters is 1. The van der Waals surface area contributed by atoms with Gasteiger partial charge in [0.15, 0.2) is 10.8 Å². The average molecular weight is 371 g/mol. The smallest absolute Gasteiger partial charge is 0.317 e. The van der Waals surface area contributed by atoms with E-state index in [9.17, 15) is 4.79 Å². The Morgan fingerprint density at radius 2 is 2.24 bits per heavy atom. The van der Waals surface area contributed by atoms with E-state index in [4.69, 9.17) is 21.7 Å². The van der Waals surface area contributed by atoms with Gasteiger partial charge in [-0.1, -0.05) is 15.9 Å². The molecule has 2 bridgehead atoms. The number of nitrogens with one attached hydrogen (secondary N) is 2. The maximum absolute atomic E-state index is 12.2. The zero-order valence-electron chi connectivity index (χ0n) is 11.8. The molecule has 3 rings (SSSR count). The van der Waals surface area contributed by atoms with Gasteiger partial charge in [-0.2, -0.15) is 0 Å². The summed E-state index contributed by atoms with van der Waals surface area (Å²) in [5.41, 5.74) is 0.972. The molecule has 1 aromatic rings. The van der Waals surface area contributed by atoms with Gasteiger partial charge >= 0.3 is 5.97 Å². The fourth-order valence-electron chi connectivity index (χ4n) is 3.05. The lowest BCUT2D eigenvalue weighted by Crippen LogP contribution is -2.70. The molecule has 2 heterocycles. The second-order valence-corrected chi connectivity index (χ2v) is 6.75. The molecule has 0 saturated carbocycles. The number of hydrogen-bond acceptors (Lipinski definition) is 4. The van der Waals surface area contributed by atoms with Crippen molar-refractivity contribution in [3.8, 4) is 5.75 Å². The van der Waals surface area contributed by atoms with Crippen LogP contribution < -0.4 is 15.4 Å². The van der Waals surface area contributed by atoms with Crippen LogP contribution in [0.3, 0.4) is 0 Å². The minimum absolute atomic E-state index is 0.281. The van der Waals surface area contributed by atoms with E-state index in [2.05, 4.69) is 26.6 Å². The summed E-state index contributed by atoms with van der Waals surface area (Å²) in [6.45, 7) is 3.79. The van der Waals surface area contributed by atoms with Gasteiger partial charge in [0.05, 0.1) is 13.2 Å². The van der Waals surface area contributed by atoms with E-state index in [-0.39, 0.29) is 12.0 Å². The molecule has 1 fully saturated rings. The standard InChI is InChI=1S/C14H15BrN2O3S/c1-6-4-7(15)5-8-10-9(12(18)19-3)14(2,20-11(6)8)17-13(21)16-10/h4-5,9-10H,1-3H3,(H2,16,17,21). The quantitative estimate of drug-likeness (QED) is 0.583. The van der Waals surface area contributed by atoms with Crippen molar-refractivity contribution in [2.45, 2.75) is 25.6 Å². The molecule has 0 aliphatic carbocycles. The zero-order chi connectivity index (χ0) is 15.4. The van der Waals surface area contributed by atoms with Crippen molar-refractivity contribution in [3.05, 3.63) is 27.7 Å². The van der Waals surface area contributed by atoms with Crippen LogP contribution in [0.15, 0.2) is 16.6 Å². The average Bonchev–Trinajstić information content (AvgIpc) is 2.38. The van der Waals surface area contributed by atoms with E-state index in [1.165, 1.54) is 7.11 Å². The lowest BCUT2D eigenvalue weighted by Gasteiger charge is -2.50. The second kappa shape index (κ2) is 4.84. The Kier molecular flexibility index (Phi) is 3.37. The summed E-state index contributed by atoms with van der Waals surface area (Å²) in [5.74, 6) is -0.1000. The Balaban J connectivity index is 2.20. The molecule has 2 aliphatic rings. The maximum atomic E-state index is 12.2. The van der Waals surface area contributed by atoms with Crippen LogP contribution >= 0.6 is 28.1 Å². The molecule has 2 aliphatic heterocycles. The van der Waals surface area contributed by atoms with Crippen molar-refractivity contribution < 1.29 is 14.3 Å². The van der Waals surface area contributed by atoms with Gasteiger partial charge in [-0.05, 0) is 43.8 Å². The van der Waals surface area contributed by atoms with Crippen molar-refractivity contribution in [2.24, 2.45) is 5.92 Å². The molecule has 0 amide bonds. The molecule has 7 heteroatoms. The van der Waals surface area contributed by atoms with Crippen LogP contribution in [0.2, 0.25) is 0 Å². The zero-order valence-corrected chi connectivity index (χ0v) is 14.2. The van der Waals surface area contributed by atoms with Gasteiger partial charge in [0.2, 0.25) is 0 Å². The molecular formula is C14H15BrN2O3S. The molecule has 5 nitrogen and oxygen atoms in total. The highest BCUT2D eigenvalue weighted by Crippen LogP contribution is 2.47. The molecule has 0 spiro atoms. The fourth-order valence-corrected chi connectivity index (χ4v) is 3.97. The van der Waals surface area contributed by atoms with E-state index in [1.54, 1.807) is 0 Å². The molecule has 0 aromatic heterocycles. The van der Waals surface area contributed by atoms with Gasteiger partial charge in [0, 0.05) is 10.0 Å². The van der Waals surface area contributed by atoms with Crippen LogP contribution in [0.5, 0.6) is 5.75 Å². The third-order valence-electron chi connectivity index (χ3n) is 3.95. The van der Waals surface area contributed by atoms with Gasteiger partial charge in [0.25, 0.3) is 0 Å². The number of thiocarbonyl (C=S) groups is 1. The summed E-state index contributed by atoms with van der Waals surface area (Å²) < 4.78 is 12.0. The Morgan fingerprint density at radius 1 is 1.52 bits per heavy atom. The third-order valence-corrected chi connectivity index (χ3v) is 4.63. The van der Waals surface area contributed by atoms with E-state index >= 15 is 0 Å². The highest BCUT2D eigenvalue weighted by atomic mass is 79.9. The molecule has 0 radical (unpaired) electrons. The van der Waals surface area contributed by atoms with Crippen LogP contribution in [-0.4, -0.2) is 23.9 Å². The maximum Gasteiger partial charge on any atom is 0.317 e. The molecule has 2 N–H and O–H groups in total. The monoisotopic (exact) mass is 370 g/mol.